The SMILES string of the molecule is CNS(=O)(=O)c1ccc(CC(=O)N(C)[C@H](CN2CCCC2)c2ccccc2)c(N)c1. The molecule has 0 saturated carbocycles. The molecule has 0 bridgehead atoms. The summed E-state index contributed by atoms with van der Waals surface area (Å²) in [6.07, 6.45) is 2.50. The summed E-state index contributed by atoms with van der Waals surface area (Å²) in [5, 5.41) is 0. The van der Waals surface area contributed by atoms with E-state index in [0.717, 1.165) is 25.2 Å². The third-order valence-corrected chi connectivity index (χ3v) is 7.13. The molecular formula is C22H30N4O3S. The van der Waals surface area contributed by atoms with Crippen molar-refractivity contribution in [2.45, 2.75) is 30.2 Å². The van der Waals surface area contributed by atoms with Crippen LogP contribution in [0.15, 0.2) is 53.4 Å². The van der Waals surface area contributed by atoms with E-state index in [9.17, 15) is 13.2 Å². The molecule has 1 heterocycles. The van der Waals surface area contributed by atoms with Crippen molar-refractivity contribution >= 4 is 21.6 Å². The first-order valence-electron chi connectivity index (χ1n) is 10.2. The Morgan fingerprint density at radius 2 is 1.83 bits per heavy atom. The summed E-state index contributed by atoms with van der Waals surface area (Å²) < 4.78 is 26.2. The summed E-state index contributed by atoms with van der Waals surface area (Å²) in [6, 6.07) is 14.5. The minimum Gasteiger partial charge on any atom is -0.398 e. The number of likely N-dealkylation sites (tertiary alicyclic amines) is 1. The minimum atomic E-state index is -3.58. The average Bonchev–Trinajstić information content (AvgIpc) is 3.26. The number of anilines is 1. The third kappa shape index (κ3) is 5.19. The van der Waals surface area contributed by atoms with Gasteiger partial charge in [-0.15, -0.1) is 0 Å². The molecule has 8 heteroatoms. The standard InChI is InChI=1S/C22H30N4O3S/c1-24-30(28,29)19-11-10-18(20(23)15-19)14-22(27)25(2)21(16-26-12-6-7-13-26)17-8-4-3-5-9-17/h3-5,8-11,15,21,24H,6-7,12-14,16,23H2,1-2H3/t21-/m1/s1. The zero-order valence-electron chi connectivity index (χ0n) is 17.5. The summed E-state index contributed by atoms with van der Waals surface area (Å²) >= 11 is 0. The van der Waals surface area contributed by atoms with Crippen LogP contribution >= 0.6 is 0 Å². The van der Waals surface area contributed by atoms with Gasteiger partial charge in [0.1, 0.15) is 0 Å². The topological polar surface area (TPSA) is 95.7 Å². The molecule has 0 radical (unpaired) electrons. The Hall–Kier alpha value is -2.42. The van der Waals surface area contributed by atoms with Gasteiger partial charge in [-0.1, -0.05) is 36.4 Å². The highest BCUT2D eigenvalue weighted by molar-refractivity contribution is 7.89. The molecule has 7 nitrogen and oxygen atoms in total. The number of nitrogens with zero attached hydrogens (tertiary/aromatic N) is 2. The maximum Gasteiger partial charge on any atom is 0.240 e. The van der Waals surface area contributed by atoms with Crippen molar-refractivity contribution in [3.05, 3.63) is 59.7 Å². The number of carbonyl (C=O) groups excluding carboxylic acids is 1. The fourth-order valence-corrected chi connectivity index (χ4v) is 4.58. The number of rotatable bonds is 8. The zero-order chi connectivity index (χ0) is 21.7. The molecular weight excluding hydrogens is 400 g/mol. The number of hydrogen-bond donors (Lipinski definition) is 2. The number of nitrogens with two attached hydrogens (primary N) is 1. The van der Waals surface area contributed by atoms with E-state index in [4.69, 9.17) is 5.73 Å². The van der Waals surface area contributed by atoms with Gasteiger partial charge < -0.3 is 15.5 Å². The largest absolute Gasteiger partial charge is 0.398 e. The van der Waals surface area contributed by atoms with Crippen molar-refractivity contribution in [3.8, 4) is 0 Å². The van der Waals surface area contributed by atoms with E-state index in [-0.39, 0.29) is 23.3 Å². The summed E-state index contributed by atoms with van der Waals surface area (Å²) in [7, 11) is -0.401. The van der Waals surface area contributed by atoms with E-state index in [0.29, 0.717) is 11.3 Å². The van der Waals surface area contributed by atoms with Gasteiger partial charge in [0, 0.05) is 19.3 Å². The molecule has 3 N–H and O–H groups in total. The van der Waals surface area contributed by atoms with Gasteiger partial charge in [-0.2, -0.15) is 0 Å². The molecule has 0 aliphatic carbocycles. The second-order valence-electron chi connectivity index (χ2n) is 7.68. The first-order chi connectivity index (χ1) is 14.3. The van der Waals surface area contributed by atoms with Gasteiger partial charge in [0.05, 0.1) is 17.4 Å². The Kier molecular flexibility index (Phi) is 7.12. The average molecular weight is 431 g/mol. The van der Waals surface area contributed by atoms with E-state index in [1.165, 1.54) is 32.0 Å². The van der Waals surface area contributed by atoms with Crippen molar-refractivity contribution in [1.82, 2.24) is 14.5 Å². The molecule has 0 unspecified atom stereocenters. The lowest BCUT2D eigenvalue weighted by Crippen LogP contribution is -2.39. The van der Waals surface area contributed by atoms with Gasteiger partial charge in [-0.3, -0.25) is 4.79 Å². The molecule has 1 fully saturated rings. The normalized spacial score (nSPS) is 15.8. The summed E-state index contributed by atoms with van der Waals surface area (Å²) in [5.74, 6) is -0.0565. The second-order valence-corrected chi connectivity index (χ2v) is 9.57. The van der Waals surface area contributed by atoms with Crippen molar-refractivity contribution in [2.75, 3.05) is 39.5 Å². The maximum absolute atomic E-state index is 13.1. The van der Waals surface area contributed by atoms with E-state index in [1.54, 1.807) is 11.0 Å². The van der Waals surface area contributed by atoms with Gasteiger partial charge in [-0.25, -0.2) is 13.1 Å². The molecule has 1 aliphatic heterocycles. The van der Waals surface area contributed by atoms with Crippen molar-refractivity contribution in [3.63, 3.8) is 0 Å². The van der Waals surface area contributed by atoms with Gasteiger partial charge in [0.2, 0.25) is 15.9 Å². The number of likely N-dealkylation sites (N-methyl/N-ethyl adjacent to an activating group) is 1. The number of nitrogens with one attached hydrogen (secondary N) is 1. The molecule has 1 saturated heterocycles. The van der Waals surface area contributed by atoms with Gasteiger partial charge >= 0.3 is 0 Å². The van der Waals surface area contributed by atoms with Gasteiger partial charge in [0.15, 0.2) is 0 Å². The Balaban J connectivity index is 1.78. The van der Waals surface area contributed by atoms with Crippen molar-refractivity contribution in [1.29, 1.82) is 0 Å². The Morgan fingerprint density at radius 3 is 2.43 bits per heavy atom. The first-order valence-corrected chi connectivity index (χ1v) is 11.6. The molecule has 2 aromatic carbocycles. The van der Waals surface area contributed by atoms with Crippen LogP contribution in [0, 0.1) is 0 Å². The molecule has 1 amide bonds. The Labute approximate surface area is 178 Å². The third-order valence-electron chi connectivity index (χ3n) is 5.71. The van der Waals surface area contributed by atoms with Crippen LogP contribution in [0.2, 0.25) is 0 Å². The summed E-state index contributed by atoms with van der Waals surface area (Å²) in [6.45, 7) is 2.90. The van der Waals surface area contributed by atoms with Crippen LogP contribution in [0.4, 0.5) is 5.69 Å². The minimum absolute atomic E-state index is 0.0537. The smallest absolute Gasteiger partial charge is 0.240 e. The van der Waals surface area contributed by atoms with E-state index in [2.05, 4.69) is 21.8 Å². The fourth-order valence-electron chi connectivity index (χ4n) is 3.82. The summed E-state index contributed by atoms with van der Waals surface area (Å²) in [5.41, 5.74) is 8.09. The van der Waals surface area contributed by atoms with Crippen LogP contribution in [0.1, 0.15) is 30.0 Å². The lowest BCUT2D eigenvalue weighted by atomic mass is 10.0. The number of sulfonamides is 1. The Morgan fingerprint density at radius 1 is 1.17 bits per heavy atom. The van der Waals surface area contributed by atoms with Gasteiger partial charge in [-0.05, 0) is 56.2 Å². The summed E-state index contributed by atoms with van der Waals surface area (Å²) in [4.78, 5) is 17.4. The lowest BCUT2D eigenvalue weighted by Gasteiger charge is -2.32. The molecule has 0 aromatic heterocycles. The fraction of sp³-hybridized carbons (Fsp3) is 0.409. The highest BCUT2D eigenvalue weighted by atomic mass is 32.2. The van der Waals surface area contributed by atoms with Crippen LogP contribution in [-0.2, 0) is 21.2 Å². The van der Waals surface area contributed by atoms with Crippen LogP contribution in [0.25, 0.3) is 0 Å². The highest BCUT2D eigenvalue weighted by Crippen LogP contribution is 2.25. The van der Waals surface area contributed by atoms with Crippen LogP contribution in [-0.4, -0.2) is 57.9 Å². The zero-order valence-corrected chi connectivity index (χ0v) is 18.4. The highest BCUT2D eigenvalue weighted by Gasteiger charge is 2.26. The predicted molar refractivity (Wildman–Crippen MR) is 118 cm³/mol. The lowest BCUT2D eigenvalue weighted by molar-refractivity contribution is -0.131. The maximum atomic E-state index is 13.1. The molecule has 1 aliphatic rings. The molecule has 1 atom stereocenters. The number of nitrogen functional groups attached to an aromatic ring is 1. The number of amides is 1. The van der Waals surface area contributed by atoms with Gasteiger partial charge in [0.25, 0.3) is 0 Å². The van der Waals surface area contributed by atoms with Crippen LogP contribution in [0.5, 0.6) is 0 Å². The van der Waals surface area contributed by atoms with E-state index in [1.807, 2.05) is 25.2 Å². The van der Waals surface area contributed by atoms with Crippen LogP contribution in [0.3, 0.4) is 0 Å². The van der Waals surface area contributed by atoms with Crippen molar-refractivity contribution < 1.29 is 13.2 Å². The van der Waals surface area contributed by atoms with E-state index >= 15 is 0 Å². The quantitative estimate of drug-likeness (QED) is 0.625. The first kappa shape index (κ1) is 22.3. The van der Waals surface area contributed by atoms with Crippen LogP contribution < -0.4 is 10.5 Å². The number of hydrogen-bond acceptors (Lipinski definition) is 5. The molecule has 2 aromatic rings. The molecule has 162 valence electrons. The molecule has 0 spiro atoms. The molecule has 30 heavy (non-hydrogen) atoms. The monoisotopic (exact) mass is 430 g/mol. The second kappa shape index (κ2) is 9.59. The Bertz CT molecular complexity index is 973. The predicted octanol–water partition coefficient (Wildman–Crippen LogP) is 2.01. The van der Waals surface area contributed by atoms with Crippen molar-refractivity contribution in [2.24, 2.45) is 0 Å². The number of benzene rings is 2. The number of carbonyl (C=O) groups is 1. The molecule has 3 rings (SSSR count). The van der Waals surface area contributed by atoms with E-state index < -0.39 is 10.0 Å².